The van der Waals surface area contributed by atoms with Gasteiger partial charge in [-0.15, -0.1) is 24.0 Å². The zero-order chi connectivity index (χ0) is 15.1. The van der Waals surface area contributed by atoms with Crippen LogP contribution in [0.2, 0.25) is 0 Å². The van der Waals surface area contributed by atoms with E-state index in [2.05, 4.69) is 10.3 Å². The first kappa shape index (κ1) is 18.5. The number of nitrogens with one attached hydrogen (secondary N) is 1. The van der Waals surface area contributed by atoms with E-state index in [1.807, 2.05) is 4.90 Å². The molecule has 4 N–H and O–H groups in total. The van der Waals surface area contributed by atoms with Crippen molar-refractivity contribution in [3.63, 3.8) is 0 Å². The minimum absolute atomic E-state index is 0. The SMILES string of the molecule is I.NC(=NCCNC(=O)c1ccc(O)cc1)N1CCOCC1. The van der Waals surface area contributed by atoms with Gasteiger partial charge in [-0.3, -0.25) is 9.79 Å². The fourth-order valence-corrected chi connectivity index (χ4v) is 1.95. The molecule has 1 amide bonds. The highest BCUT2D eigenvalue weighted by Crippen LogP contribution is 2.09. The van der Waals surface area contributed by atoms with Crippen LogP contribution in [-0.2, 0) is 4.74 Å². The lowest BCUT2D eigenvalue weighted by Crippen LogP contribution is -2.45. The largest absolute Gasteiger partial charge is 0.508 e. The molecule has 0 aromatic heterocycles. The van der Waals surface area contributed by atoms with Gasteiger partial charge in [-0.25, -0.2) is 0 Å². The summed E-state index contributed by atoms with van der Waals surface area (Å²) >= 11 is 0. The number of hydrogen-bond acceptors (Lipinski definition) is 4. The molecule has 1 aliphatic heterocycles. The van der Waals surface area contributed by atoms with Gasteiger partial charge in [0.05, 0.1) is 19.8 Å². The maximum absolute atomic E-state index is 11.8. The van der Waals surface area contributed by atoms with Crippen molar-refractivity contribution < 1.29 is 14.6 Å². The Labute approximate surface area is 146 Å². The molecule has 0 spiro atoms. The Morgan fingerprint density at radius 3 is 2.59 bits per heavy atom. The van der Waals surface area contributed by atoms with E-state index in [-0.39, 0.29) is 35.6 Å². The van der Waals surface area contributed by atoms with E-state index < -0.39 is 0 Å². The third kappa shape index (κ3) is 5.68. The van der Waals surface area contributed by atoms with Gasteiger partial charge >= 0.3 is 0 Å². The summed E-state index contributed by atoms with van der Waals surface area (Å²) in [5.74, 6) is 0.418. The Morgan fingerprint density at radius 2 is 1.95 bits per heavy atom. The lowest BCUT2D eigenvalue weighted by Gasteiger charge is -2.27. The topological polar surface area (TPSA) is 100 Å². The van der Waals surface area contributed by atoms with Crippen LogP contribution >= 0.6 is 24.0 Å². The number of morpholine rings is 1. The van der Waals surface area contributed by atoms with Crippen LogP contribution in [0.15, 0.2) is 29.3 Å². The van der Waals surface area contributed by atoms with Crippen LogP contribution in [0, 0.1) is 0 Å². The predicted octanol–water partition coefficient (Wildman–Crippen LogP) is 0.387. The number of guanidine groups is 1. The van der Waals surface area contributed by atoms with E-state index in [1.165, 1.54) is 12.1 Å². The van der Waals surface area contributed by atoms with Crippen molar-refractivity contribution in [3.8, 4) is 5.75 Å². The Morgan fingerprint density at radius 1 is 1.32 bits per heavy atom. The molecule has 1 saturated heterocycles. The highest BCUT2D eigenvalue weighted by molar-refractivity contribution is 14.0. The summed E-state index contributed by atoms with van der Waals surface area (Å²) in [6, 6.07) is 6.08. The smallest absolute Gasteiger partial charge is 0.251 e. The first-order valence-electron chi connectivity index (χ1n) is 6.86. The van der Waals surface area contributed by atoms with Crippen LogP contribution in [0.5, 0.6) is 5.75 Å². The van der Waals surface area contributed by atoms with Gasteiger partial charge < -0.3 is 25.8 Å². The summed E-state index contributed by atoms with van der Waals surface area (Å²) < 4.78 is 5.24. The number of carbonyl (C=O) groups excluding carboxylic acids is 1. The van der Waals surface area contributed by atoms with E-state index >= 15 is 0 Å². The number of benzene rings is 1. The van der Waals surface area contributed by atoms with Crippen molar-refractivity contribution in [1.82, 2.24) is 10.2 Å². The maximum Gasteiger partial charge on any atom is 0.251 e. The Bertz CT molecular complexity index is 501. The Balaban J connectivity index is 0.00000242. The fraction of sp³-hybridized carbons (Fsp3) is 0.429. The Kier molecular flexibility index (Phi) is 7.96. The molecule has 0 radical (unpaired) electrons. The molecule has 0 atom stereocenters. The lowest BCUT2D eigenvalue weighted by atomic mass is 10.2. The third-order valence-corrected chi connectivity index (χ3v) is 3.14. The number of phenols is 1. The number of rotatable bonds is 4. The van der Waals surface area contributed by atoms with Gasteiger partial charge in [0.1, 0.15) is 5.75 Å². The molecule has 8 heteroatoms. The quantitative estimate of drug-likeness (QED) is 0.283. The molecule has 0 aliphatic carbocycles. The summed E-state index contributed by atoms with van der Waals surface area (Å²) in [4.78, 5) is 18.0. The second kappa shape index (κ2) is 9.46. The van der Waals surface area contributed by atoms with Gasteiger partial charge in [-0.1, -0.05) is 0 Å². The molecule has 1 aromatic rings. The lowest BCUT2D eigenvalue weighted by molar-refractivity contribution is 0.0674. The van der Waals surface area contributed by atoms with Gasteiger partial charge in [-0.2, -0.15) is 0 Å². The first-order chi connectivity index (χ1) is 10.2. The van der Waals surface area contributed by atoms with Crippen LogP contribution in [0.3, 0.4) is 0 Å². The van der Waals surface area contributed by atoms with Crippen molar-refractivity contribution >= 4 is 35.8 Å². The van der Waals surface area contributed by atoms with Crippen LogP contribution in [-0.4, -0.2) is 61.3 Å². The highest BCUT2D eigenvalue weighted by atomic mass is 127. The summed E-state index contributed by atoms with van der Waals surface area (Å²) in [6.07, 6.45) is 0. The maximum atomic E-state index is 11.8. The second-order valence-corrected chi connectivity index (χ2v) is 4.64. The molecule has 1 heterocycles. The highest BCUT2D eigenvalue weighted by Gasteiger charge is 2.11. The predicted molar refractivity (Wildman–Crippen MR) is 94.7 cm³/mol. The van der Waals surface area contributed by atoms with Crippen LogP contribution < -0.4 is 11.1 Å². The number of hydrogen-bond donors (Lipinski definition) is 3. The van der Waals surface area contributed by atoms with Crippen LogP contribution in [0.4, 0.5) is 0 Å². The van der Waals surface area contributed by atoms with Gasteiger partial charge in [0.2, 0.25) is 0 Å². The molecule has 22 heavy (non-hydrogen) atoms. The number of halogens is 1. The number of carbonyl (C=O) groups is 1. The van der Waals surface area contributed by atoms with Gasteiger partial charge in [0.15, 0.2) is 5.96 Å². The number of nitrogens with two attached hydrogens (primary N) is 1. The van der Waals surface area contributed by atoms with Crippen molar-refractivity contribution in [2.75, 3.05) is 39.4 Å². The van der Waals surface area contributed by atoms with E-state index in [0.717, 1.165) is 13.1 Å². The minimum atomic E-state index is -0.199. The molecule has 0 saturated carbocycles. The van der Waals surface area contributed by atoms with E-state index in [1.54, 1.807) is 12.1 Å². The molecule has 2 rings (SSSR count). The van der Waals surface area contributed by atoms with Gasteiger partial charge in [-0.05, 0) is 24.3 Å². The van der Waals surface area contributed by atoms with Crippen molar-refractivity contribution in [2.24, 2.45) is 10.7 Å². The average Bonchev–Trinajstić information content (AvgIpc) is 2.52. The zero-order valence-electron chi connectivity index (χ0n) is 12.2. The minimum Gasteiger partial charge on any atom is -0.508 e. The first-order valence-corrected chi connectivity index (χ1v) is 6.86. The molecule has 1 aromatic carbocycles. The number of ether oxygens (including phenoxy) is 1. The normalized spacial score (nSPS) is 15.1. The van der Waals surface area contributed by atoms with Gasteiger partial charge in [0.25, 0.3) is 5.91 Å². The second-order valence-electron chi connectivity index (χ2n) is 4.64. The van der Waals surface area contributed by atoms with Crippen LogP contribution in [0.1, 0.15) is 10.4 Å². The summed E-state index contributed by atoms with van der Waals surface area (Å²) in [5, 5.41) is 11.9. The standard InChI is InChI=1S/C14H20N4O3.HI/c15-14(18-7-9-21-10-8-18)17-6-5-16-13(20)11-1-3-12(19)4-2-11;/h1-4,19H,5-10H2,(H2,15,17)(H,16,20);1H. The third-order valence-electron chi connectivity index (χ3n) is 3.14. The number of nitrogens with zero attached hydrogens (tertiary/aromatic N) is 2. The number of amides is 1. The average molecular weight is 420 g/mol. The van der Waals surface area contributed by atoms with Gasteiger partial charge in [0, 0.05) is 25.2 Å². The molecule has 122 valence electrons. The van der Waals surface area contributed by atoms with Crippen molar-refractivity contribution in [2.45, 2.75) is 0 Å². The molecular formula is C14H21IN4O3. The number of aromatic hydroxyl groups is 1. The Hall–Kier alpha value is -1.55. The summed E-state index contributed by atoms with van der Waals surface area (Å²) in [7, 11) is 0. The van der Waals surface area contributed by atoms with E-state index in [0.29, 0.717) is 37.8 Å². The molecule has 0 bridgehead atoms. The fourth-order valence-electron chi connectivity index (χ4n) is 1.95. The molecular weight excluding hydrogens is 399 g/mol. The summed E-state index contributed by atoms with van der Waals surface area (Å²) in [5.41, 5.74) is 6.37. The van der Waals surface area contributed by atoms with Crippen molar-refractivity contribution in [1.29, 1.82) is 0 Å². The van der Waals surface area contributed by atoms with Crippen LogP contribution in [0.25, 0.3) is 0 Å². The molecule has 0 unspecified atom stereocenters. The monoisotopic (exact) mass is 420 g/mol. The van der Waals surface area contributed by atoms with E-state index in [4.69, 9.17) is 15.6 Å². The number of aliphatic imine (C=N–C) groups is 1. The molecule has 7 nitrogen and oxygen atoms in total. The van der Waals surface area contributed by atoms with Crippen molar-refractivity contribution in [3.05, 3.63) is 29.8 Å². The molecule has 1 fully saturated rings. The zero-order valence-corrected chi connectivity index (χ0v) is 14.5. The summed E-state index contributed by atoms with van der Waals surface area (Å²) in [6.45, 7) is 3.64. The molecule has 1 aliphatic rings. The van der Waals surface area contributed by atoms with E-state index in [9.17, 15) is 4.79 Å². The number of phenolic OH excluding ortho intramolecular Hbond substituents is 1.